The highest BCUT2D eigenvalue weighted by atomic mass is 35.5. The molecule has 1 aliphatic carbocycles. The Hall–Kier alpha value is -2.04. The van der Waals surface area contributed by atoms with Gasteiger partial charge in [0.05, 0.1) is 5.57 Å². The van der Waals surface area contributed by atoms with Gasteiger partial charge in [-0.15, -0.1) is 11.8 Å². The third kappa shape index (κ3) is 4.37. The number of hydrogen-bond acceptors (Lipinski definition) is 4. The molecule has 0 fully saturated rings. The van der Waals surface area contributed by atoms with Crippen LogP contribution in [0.3, 0.4) is 0 Å². The van der Waals surface area contributed by atoms with E-state index in [0.29, 0.717) is 34.2 Å². The van der Waals surface area contributed by atoms with Crippen molar-refractivity contribution in [3.8, 4) is 0 Å². The van der Waals surface area contributed by atoms with Gasteiger partial charge in [-0.3, -0.25) is 9.79 Å². The maximum atomic E-state index is 12.7. The van der Waals surface area contributed by atoms with Crippen LogP contribution in [0.1, 0.15) is 29.9 Å². The first-order valence-electron chi connectivity index (χ1n) is 8.43. The molecule has 1 N–H and O–H groups in total. The second-order valence-electron chi connectivity index (χ2n) is 6.20. The molecule has 1 aliphatic rings. The quantitative estimate of drug-likeness (QED) is 0.553. The average molecular weight is 386 g/mol. The Kier molecular flexibility index (Phi) is 6.17. The zero-order valence-corrected chi connectivity index (χ0v) is 16.1. The van der Waals surface area contributed by atoms with Crippen LogP contribution >= 0.6 is 23.4 Å². The van der Waals surface area contributed by atoms with Crippen molar-refractivity contribution >= 4 is 34.2 Å². The smallest absolute Gasteiger partial charge is 0.169 e. The number of thioether (sulfide) groups is 1. The van der Waals surface area contributed by atoms with Gasteiger partial charge in [-0.05, 0) is 29.2 Å². The van der Waals surface area contributed by atoms with Gasteiger partial charge in [0.25, 0.3) is 0 Å². The fraction of sp³-hybridized carbons (Fsp3) is 0.238. The molecule has 3 rings (SSSR count). The van der Waals surface area contributed by atoms with E-state index in [4.69, 9.17) is 11.6 Å². The fourth-order valence-corrected chi connectivity index (χ4v) is 4.21. The van der Waals surface area contributed by atoms with Crippen molar-refractivity contribution in [2.24, 2.45) is 4.99 Å². The van der Waals surface area contributed by atoms with Crippen molar-refractivity contribution in [1.29, 1.82) is 0 Å². The summed E-state index contributed by atoms with van der Waals surface area (Å²) in [5, 5.41) is 11.8. The third-order valence-electron chi connectivity index (χ3n) is 4.42. The summed E-state index contributed by atoms with van der Waals surface area (Å²) < 4.78 is 0. The van der Waals surface area contributed by atoms with Crippen LogP contribution in [0.4, 0.5) is 0 Å². The maximum absolute atomic E-state index is 12.7. The number of aliphatic hydroxyl groups is 1. The highest BCUT2D eigenvalue weighted by Gasteiger charge is 2.31. The Morgan fingerprint density at radius 1 is 1.15 bits per heavy atom. The van der Waals surface area contributed by atoms with E-state index in [0.717, 1.165) is 11.1 Å². The maximum Gasteiger partial charge on any atom is 0.169 e. The lowest BCUT2D eigenvalue weighted by Crippen LogP contribution is -2.22. The summed E-state index contributed by atoms with van der Waals surface area (Å²) in [4.78, 5) is 17.0. The number of hydrogen-bond donors (Lipinski definition) is 1. The van der Waals surface area contributed by atoms with Crippen molar-refractivity contribution in [3.05, 3.63) is 82.1 Å². The molecule has 5 heteroatoms. The van der Waals surface area contributed by atoms with E-state index in [1.165, 1.54) is 11.8 Å². The Morgan fingerprint density at radius 3 is 2.46 bits per heavy atom. The Bertz CT molecular complexity index is 844. The van der Waals surface area contributed by atoms with Gasteiger partial charge < -0.3 is 5.11 Å². The highest BCUT2D eigenvalue weighted by molar-refractivity contribution is 8.13. The van der Waals surface area contributed by atoms with Gasteiger partial charge in [0.2, 0.25) is 0 Å². The molecule has 0 saturated heterocycles. The third-order valence-corrected chi connectivity index (χ3v) is 5.81. The topological polar surface area (TPSA) is 49.7 Å². The zero-order chi connectivity index (χ0) is 18.5. The van der Waals surface area contributed by atoms with Gasteiger partial charge in [-0.2, -0.15) is 0 Å². The molecule has 0 heterocycles. The first kappa shape index (κ1) is 18.7. The molecule has 0 bridgehead atoms. The normalized spacial score (nSPS) is 18.3. The van der Waals surface area contributed by atoms with Gasteiger partial charge in [0.15, 0.2) is 5.78 Å². The molecule has 134 valence electrons. The van der Waals surface area contributed by atoms with Gasteiger partial charge in [-0.25, -0.2) is 0 Å². The molecular weight excluding hydrogens is 366 g/mol. The zero-order valence-electron chi connectivity index (χ0n) is 14.5. The van der Waals surface area contributed by atoms with Crippen LogP contribution in [0.15, 0.2) is 70.9 Å². The molecule has 0 radical (unpaired) electrons. The molecule has 1 unspecified atom stereocenters. The van der Waals surface area contributed by atoms with E-state index in [1.807, 2.05) is 54.6 Å². The molecule has 0 amide bonds. The van der Waals surface area contributed by atoms with E-state index in [9.17, 15) is 9.90 Å². The summed E-state index contributed by atoms with van der Waals surface area (Å²) in [6, 6.07) is 17.4. The lowest BCUT2D eigenvalue weighted by Gasteiger charge is -2.24. The Balaban J connectivity index is 1.75. The van der Waals surface area contributed by atoms with E-state index in [2.05, 4.69) is 4.99 Å². The molecular formula is C21H20ClNO2S. The number of rotatable bonds is 4. The summed E-state index contributed by atoms with van der Waals surface area (Å²) in [7, 11) is 1.65. The molecule has 0 spiro atoms. The molecule has 0 aromatic heterocycles. The minimum absolute atomic E-state index is 0.0202. The van der Waals surface area contributed by atoms with E-state index >= 15 is 0 Å². The molecule has 3 nitrogen and oxygen atoms in total. The Labute approximate surface area is 162 Å². The first-order valence-corrected chi connectivity index (χ1v) is 9.79. The van der Waals surface area contributed by atoms with Crippen molar-refractivity contribution in [3.63, 3.8) is 0 Å². The van der Waals surface area contributed by atoms with Crippen LogP contribution in [-0.2, 0) is 10.5 Å². The molecule has 2 aromatic rings. The molecule has 0 saturated carbocycles. The number of carbonyl (C=O) groups excluding carboxylic acids is 1. The van der Waals surface area contributed by atoms with Crippen LogP contribution in [0.25, 0.3) is 0 Å². The van der Waals surface area contributed by atoms with Crippen LogP contribution < -0.4 is 0 Å². The minimum Gasteiger partial charge on any atom is -0.511 e. The number of allylic oxidation sites excluding steroid dienone is 1. The fourth-order valence-electron chi connectivity index (χ4n) is 3.08. The van der Waals surface area contributed by atoms with Gasteiger partial charge in [0, 0.05) is 30.7 Å². The second-order valence-corrected chi connectivity index (χ2v) is 7.61. The Morgan fingerprint density at radius 2 is 1.85 bits per heavy atom. The number of aliphatic hydroxyl groups excluding tert-OH is 1. The van der Waals surface area contributed by atoms with Crippen LogP contribution in [-0.4, -0.2) is 23.0 Å². The van der Waals surface area contributed by atoms with E-state index in [1.54, 1.807) is 7.05 Å². The average Bonchev–Trinajstić information content (AvgIpc) is 2.65. The summed E-state index contributed by atoms with van der Waals surface area (Å²) in [5.74, 6) is 0.772. The van der Waals surface area contributed by atoms with Crippen molar-refractivity contribution in [2.75, 3.05) is 7.05 Å². The minimum atomic E-state index is -0.0493. The number of aliphatic imine (C=N–C) groups is 1. The first-order chi connectivity index (χ1) is 12.6. The molecule has 2 aromatic carbocycles. The number of carbonyl (C=O) groups is 1. The number of nitrogens with zero attached hydrogens (tertiary/aromatic N) is 1. The van der Waals surface area contributed by atoms with Crippen LogP contribution in [0, 0.1) is 0 Å². The predicted octanol–water partition coefficient (Wildman–Crippen LogP) is 5.56. The van der Waals surface area contributed by atoms with Crippen molar-refractivity contribution in [1.82, 2.24) is 0 Å². The summed E-state index contributed by atoms with van der Waals surface area (Å²) in [6.45, 7) is 0. The summed E-state index contributed by atoms with van der Waals surface area (Å²) >= 11 is 7.37. The number of Topliss-reactive ketones (excluding diaryl/α,β-unsaturated/α-hetero) is 1. The van der Waals surface area contributed by atoms with Crippen molar-refractivity contribution in [2.45, 2.75) is 24.5 Å². The summed E-state index contributed by atoms with van der Waals surface area (Å²) in [6.07, 6.45) is 0.857. The molecule has 26 heavy (non-hydrogen) atoms. The highest BCUT2D eigenvalue weighted by Crippen LogP contribution is 2.35. The lowest BCUT2D eigenvalue weighted by molar-refractivity contribution is -0.116. The van der Waals surface area contributed by atoms with Gasteiger partial charge in [0.1, 0.15) is 10.8 Å². The van der Waals surface area contributed by atoms with Crippen molar-refractivity contribution < 1.29 is 9.90 Å². The van der Waals surface area contributed by atoms with E-state index < -0.39 is 0 Å². The largest absolute Gasteiger partial charge is 0.511 e. The second kappa shape index (κ2) is 8.56. The van der Waals surface area contributed by atoms with Crippen LogP contribution in [0.5, 0.6) is 0 Å². The van der Waals surface area contributed by atoms with Gasteiger partial charge >= 0.3 is 0 Å². The SMILES string of the molecule is CN=C(SCc1ccc(Cl)cc1)C1=C(O)CC(c2ccccc2)CC1=O. The summed E-state index contributed by atoms with van der Waals surface area (Å²) in [5.41, 5.74) is 2.54. The lowest BCUT2D eigenvalue weighted by atomic mass is 9.83. The van der Waals surface area contributed by atoms with E-state index in [-0.39, 0.29) is 17.5 Å². The van der Waals surface area contributed by atoms with Crippen LogP contribution in [0.2, 0.25) is 5.02 Å². The molecule has 0 aliphatic heterocycles. The monoisotopic (exact) mass is 385 g/mol. The number of ketones is 1. The standard InChI is InChI=1S/C21H20ClNO2S/c1-23-21(26-13-14-7-9-17(22)10-8-14)20-18(24)11-16(12-19(20)25)15-5-3-2-4-6-15/h2-10,16,24H,11-13H2,1H3. The molecule has 1 atom stereocenters. The predicted molar refractivity (Wildman–Crippen MR) is 109 cm³/mol. The number of halogens is 1. The van der Waals surface area contributed by atoms with Gasteiger partial charge in [-0.1, -0.05) is 54.1 Å². The number of benzene rings is 2.